The molecule has 1 aromatic rings. The van der Waals surface area contributed by atoms with E-state index in [1.165, 1.54) is 6.07 Å². The summed E-state index contributed by atoms with van der Waals surface area (Å²) in [5, 5.41) is 0. The SMILES string of the molecule is Cc1cc(C)c(C(=O)C2(C)CCCC2)c(F)c1. The van der Waals surface area contributed by atoms with Gasteiger partial charge in [0.05, 0.1) is 5.56 Å². The van der Waals surface area contributed by atoms with Gasteiger partial charge in [-0.1, -0.05) is 25.8 Å². The van der Waals surface area contributed by atoms with Crippen LogP contribution in [0.5, 0.6) is 0 Å². The zero-order valence-corrected chi connectivity index (χ0v) is 10.8. The smallest absolute Gasteiger partial charge is 0.171 e. The molecule has 0 radical (unpaired) electrons. The standard InChI is InChI=1S/C15H19FO/c1-10-8-11(2)13(12(16)9-10)14(17)15(3)6-4-5-7-15/h8-9H,4-7H2,1-3H3. The number of ketones is 1. The van der Waals surface area contributed by atoms with Crippen LogP contribution in [0.2, 0.25) is 0 Å². The van der Waals surface area contributed by atoms with Crippen molar-refractivity contribution in [2.24, 2.45) is 5.41 Å². The first-order valence-electron chi connectivity index (χ1n) is 6.25. The highest BCUT2D eigenvalue weighted by Gasteiger charge is 2.38. The van der Waals surface area contributed by atoms with Crippen LogP contribution in [0.1, 0.15) is 54.1 Å². The van der Waals surface area contributed by atoms with Gasteiger partial charge in [0.25, 0.3) is 0 Å². The van der Waals surface area contributed by atoms with Crippen molar-refractivity contribution in [2.75, 3.05) is 0 Å². The van der Waals surface area contributed by atoms with Crippen molar-refractivity contribution in [3.63, 3.8) is 0 Å². The molecule has 1 fully saturated rings. The van der Waals surface area contributed by atoms with E-state index in [0.29, 0.717) is 5.56 Å². The summed E-state index contributed by atoms with van der Waals surface area (Å²) in [6.45, 7) is 5.64. The van der Waals surface area contributed by atoms with E-state index in [2.05, 4.69) is 0 Å². The van der Waals surface area contributed by atoms with Crippen LogP contribution in [0, 0.1) is 25.1 Å². The molecule has 1 nitrogen and oxygen atoms in total. The largest absolute Gasteiger partial charge is 0.293 e. The molecule has 0 atom stereocenters. The molecule has 17 heavy (non-hydrogen) atoms. The lowest BCUT2D eigenvalue weighted by Gasteiger charge is -2.23. The molecule has 0 unspecified atom stereocenters. The summed E-state index contributed by atoms with van der Waals surface area (Å²) in [4.78, 5) is 12.5. The van der Waals surface area contributed by atoms with Crippen molar-refractivity contribution in [2.45, 2.75) is 46.5 Å². The van der Waals surface area contributed by atoms with Crippen molar-refractivity contribution in [3.05, 3.63) is 34.6 Å². The van der Waals surface area contributed by atoms with Gasteiger partial charge in [0, 0.05) is 5.41 Å². The Labute approximate surface area is 102 Å². The molecule has 0 aromatic heterocycles. The van der Waals surface area contributed by atoms with E-state index in [9.17, 15) is 9.18 Å². The number of carbonyl (C=O) groups excluding carboxylic acids is 1. The Balaban J connectivity index is 2.44. The predicted molar refractivity (Wildman–Crippen MR) is 66.8 cm³/mol. The Morgan fingerprint density at radius 1 is 1.24 bits per heavy atom. The normalized spacial score (nSPS) is 18.4. The highest BCUT2D eigenvalue weighted by molar-refractivity contribution is 6.01. The molecule has 0 heterocycles. The van der Waals surface area contributed by atoms with Crippen LogP contribution >= 0.6 is 0 Å². The summed E-state index contributed by atoms with van der Waals surface area (Å²) < 4.78 is 14.0. The molecule has 0 amide bonds. The van der Waals surface area contributed by atoms with Gasteiger partial charge >= 0.3 is 0 Å². The first kappa shape index (κ1) is 12.3. The van der Waals surface area contributed by atoms with Crippen molar-refractivity contribution in [1.82, 2.24) is 0 Å². The van der Waals surface area contributed by atoms with E-state index in [-0.39, 0.29) is 17.0 Å². The maximum absolute atomic E-state index is 14.0. The number of carbonyl (C=O) groups is 1. The first-order chi connectivity index (χ1) is 7.94. The highest BCUT2D eigenvalue weighted by Crippen LogP contribution is 2.41. The lowest BCUT2D eigenvalue weighted by molar-refractivity contribution is 0.0818. The summed E-state index contributed by atoms with van der Waals surface area (Å²) in [6, 6.07) is 3.34. The average molecular weight is 234 g/mol. The molecular weight excluding hydrogens is 215 g/mol. The second-order valence-electron chi connectivity index (χ2n) is 5.54. The minimum Gasteiger partial charge on any atom is -0.293 e. The van der Waals surface area contributed by atoms with Gasteiger partial charge in [0.2, 0.25) is 0 Å². The summed E-state index contributed by atoms with van der Waals surface area (Å²) in [7, 11) is 0. The van der Waals surface area contributed by atoms with Crippen molar-refractivity contribution >= 4 is 5.78 Å². The minimum atomic E-state index is -0.361. The average Bonchev–Trinajstić information content (AvgIpc) is 2.64. The van der Waals surface area contributed by atoms with Gasteiger partial charge in [-0.15, -0.1) is 0 Å². The summed E-state index contributed by atoms with van der Waals surface area (Å²) in [6.07, 6.45) is 3.93. The van der Waals surface area contributed by atoms with Gasteiger partial charge in [-0.05, 0) is 43.9 Å². The fourth-order valence-corrected chi connectivity index (χ4v) is 2.89. The molecule has 1 aliphatic carbocycles. The van der Waals surface area contributed by atoms with E-state index in [0.717, 1.165) is 36.8 Å². The summed E-state index contributed by atoms with van der Waals surface area (Å²) in [5.41, 5.74) is 1.59. The number of Topliss-reactive ketones (excluding diaryl/α,β-unsaturated/α-hetero) is 1. The Hall–Kier alpha value is -1.18. The fraction of sp³-hybridized carbons (Fsp3) is 0.533. The van der Waals surface area contributed by atoms with Crippen LogP contribution in [0.3, 0.4) is 0 Å². The quantitative estimate of drug-likeness (QED) is 0.701. The number of benzene rings is 1. The number of hydrogen-bond acceptors (Lipinski definition) is 1. The third-order valence-corrected chi connectivity index (χ3v) is 3.91. The minimum absolute atomic E-state index is 0.00926. The number of hydrogen-bond donors (Lipinski definition) is 0. The lowest BCUT2D eigenvalue weighted by atomic mass is 9.79. The third kappa shape index (κ3) is 2.13. The molecule has 0 aliphatic heterocycles. The molecule has 0 bridgehead atoms. The Kier molecular flexibility index (Phi) is 3.07. The van der Waals surface area contributed by atoms with E-state index in [1.807, 2.05) is 26.8 Å². The molecule has 2 rings (SSSR count). The molecule has 1 saturated carbocycles. The van der Waals surface area contributed by atoms with Crippen molar-refractivity contribution in [3.8, 4) is 0 Å². The molecule has 0 spiro atoms. The molecule has 0 saturated heterocycles. The van der Waals surface area contributed by atoms with Gasteiger partial charge in [-0.2, -0.15) is 0 Å². The molecule has 2 heteroatoms. The number of aryl methyl sites for hydroxylation is 2. The second-order valence-corrected chi connectivity index (χ2v) is 5.54. The van der Waals surface area contributed by atoms with E-state index < -0.39 is 0 Å². The maximum Gasteiger partial charge on any atom is 0.171 e. The van der Waals surface area contributed by atoms with Crippen LogP contribution in [-0.4, -0.2) is 5.78 Å². The van der Waals surface area contributed by atoms with Crippen LogP contribution in [0.25, 0.3) is 0 Å². The van der Waals surface area contributed by atoms with Crippen LogP contribution in [-0.2, 0) is 0 Å². The van der Waals surface area contributed by atoms with Crippen LogP contribution in [0.15, 0.2) is 12.1 Å². The Morgan fingerprint density at radius 3 is 2.35 bits per heavy atom. The first-order valence-corrected chi connectivity index (χ1v) is 6.25. The van der Waals surface area contributed by atoms with Gasteiger partial charge in [-0.25, -0.2) is 4.39 Å². The fourth-order valence-electron chi connectivity index (χ4n) is 2.89. The maximum atomic E-state index is 14.0. The summed E-state index contributed by atoms with van der Waals surface area (Å²) >= 11 is 0. The van der Waals surface area contributed by atoms with Crippen LogP contribution in [0.4, 0.5) is 4.39 Å². The number of rotatable bonds is 2. The predicted octanol–water partition coefficient (Wildman–Crippen LogP) is 4.21. The molecule has 92 valence electrons. The lowest BCUT2D eigenvalue weighted by Crippen LogP contribution is -2.26. The van der Waals surface area contributed by atoms with Crippen LogP contribution < -0.4 is 0 Å². The van der Waals surface area contributed by atoms with Crippen molar-refractivity contribution in [1.29, 1.82) is 0 Å². The van der Waals surface area contributed by atoms with Gasteiger partial charge in [-0.3, -0.25) is 4.79 Å². The molecule has 1 aliphatic rings. The Morgan fingerprint density at radius 2 is 1.82 bits per heavy atom. The second kappa shape index (κ2) is 4.25. The van der Waals surface area contributed by atoms with E-state index in [1.54, 1.807) is 0 Å². The monoisotopic (exact) mass is 234 g/mol. The third-order valence-electron chi connectivity index (χ3n) is 3.91. The van der Waals surface area contributed by atoms with Gasteiger partial charge in [0.15, 0.2) is 5.78 Å². The topological polar surface area (TPSA) is 17.1 Å². The number of halogens is 1. The van der Waals surface area contributed by atoms with Gasteiger partial charge < -0.3 is 0 Å². The van der Waals surface area contributed by atoms with E-state index in [4.69, 9.17) is 0 Å². The Bertz CT molecular complexity index is 433. The summed E-state index contributed by atoms with van der Waals surface area (Å²) in [5.74, 6) is -0.370. The van der Waals surface area contributed by atoms with Gasteiger partial charge in [0.1, 0.15) is 5.82 Å². The highest BCUT2D eigenvalue weighted by atomic mass is 19.1. The zero-order chi connectivity index (χ0) is 12.6. The van der Waals surface area contributed by atoms with E-state index >= 15 is 0 Å². The van der Waals surface area contributed by atoms with Crippen molar-refractivity contribution < 1.29 is 9.18 Å². The zero-order valence-electron chi connectivity index (χ0n) is 10.8. The molecule has 1 aromatic carbocycles. The molecular formula is C15H19FO. The molecule has 0 N–H and O–H groups in total.